The smallest absolute Gasteiger partial charge is 0.314 e. The maximum absolute atomic E-state index is 11.7. The Labute approximate surface area is 102 Å². The molecule has 0 amide bonds. The zero-order valence-electron chi connectivity index (χ0n) is 10.2. The van der Waals surface area contributed by atoms with E-state index in [2.05, 4.69) is 6.58 Å². The van der Waals surface area contributed by atoms with E-state index in [0.717, 1.165) is 30.4 Å². The lowest BCUT2D eigenvalue weighted by Crippen LogP contribution is -2.33. The summed E-state index contributed by atoms with van der Waals surface area (Å²) >= 11 is 0. The molecule has 1 unspecified atom stereocenters. The van der Waals surface area contributed by atoms with Crippen LogP contribution in [0.4, 0.5) is 0 Å². The summed E-state index contributed by atoms with van der Waals surface area (Å²) < 4.78 is 0. The van der Waals surface area contributed by atoms with Crippen molar-refractivity contribution in [3.8, 4) is 0 Å². The summed E-state index contributed by atoms with van der Waals surface area (Å²) in [5.41, 5.74) is 2.57. The van der Waals surface area contributed by atoms with Crippen molar-refractivity contribution < 1.29 is 9.90 Å². The Hall–Kier alpha value is -1.57. The molecule has 0 heterocycles. The largest absolute Gasteiger partial charge is 0.481 e. The minimum Gasteiger partial charge on any atom is -0.481 e. The van der Waals surface area contributed by atoms with E-state index in [9.17, 15) is 9.90 Å². The number of carboxylic acid groups (broad SMARTS) is 1. The first kappa shape index (κ1) is 11.9. The highest BCUT2D eigenvalue weighted by molar-refractivity contribution is 5.83. The molecule has 0 radical (unpaired) electrons. The summed E-state index contributed by atoms with van der Waals surface area (Å²) in [6, 6.07) is 7.92. The molecule has 1 N–H and O–H groups in total. The quantitative estimate of drug-likeness (QED) is 0.806. The third-order valence-electron chi connectivity index (χ3n) is 3.74. The van der Waals surface area contributed by atoms with Gasteiger partial charge in [0.1, 0.15) is 0 Å². The lowest BCUT2D eigenvalue weighted by Gasteiger charge is -2.25. The van der Waals surface area contributed by atoms with Crippen LogP contribution >= 0.6 is 0 Å². The lowest BCUT2D eigenvalue weighted by atomic mass is 9.77. The summed E-state index contributed by atoms with van der Waals surface area (Å²) in [5, 5.41) is 9.59. The number of carboxylic acids is 1. The van der Waals surface area contributed by atoms with Crippen LogP contribution in [0, 0.1) is 0 Å². The number of hydrogen-bond acceptors (Lipinski definition) is 1. The Morgan fingerprint density at radius 3 is 2.82 bits per heavy atom. The van der Waals surface area contributed by atoms with E-state index in [1.54, 1.807) is 0 Å². The van der Waals surface area contributed by atoms with E-state index in [1.165, 1.54) is 5.56 Å². The van der Waals surface area contributed by atoms with Gasteiger partial charge in [-0.05, 0) is 43.7 Å². The van der Waals surface area contributed by atoms with Crippen LogP contribution in [-0.2, 0) is 16.6 Å². The SMILES string of the molecule is C=C(C)CCC1(C(=O)O)CCc2ccccc21. The number of rotatable bonds is 4. The molecule has 17 heavy (non-hydrogen) atoms. The number of aliphatic carboxylic acids is 1. The van der Waals surface area contributed by atoms with Gasteiger partial charge in [0.05, 0.1) is 5.41 Å². The highest BCUT2D eigenvalue weighted by Crippen LogP contribution is 2.43. The molecule has 0 spiro atoms. The van der Waals surface area contributed by atoms with Crippen molar-refractivity contribution in [2.45, 2.75) is 38.0 Å². The average Bonchev–Trinajstić information content (AvgIpc) is 2.67. The second-order valence-electron chi connectivity index (χ2n) is 5.00. The standard InChI is InChI=1S/C15H18O2/c1-11(2)7-9-15(14(16)17)10-8-12-5-3-4-6-13(12)15/h3-6H,1,7-10H2,2H3,(H,16,17). The molecular weight excluding hydrogens is 212 g/mol. The first-order chi connectivity index (χ1) is 8.06. The number of hydrogen-bond donors (Lipinski definition) is 1. The van der Waals surface area contributed by atoms with Crippen molar-refractivity contribution in [2.24, 2.45) is 0 Å². The first-order valence-electron chi connectivity index (χ1n) is 6.02. The molecule has 90 valence electrons. The van der Waals surface area contributed by atoms with Crippen LogP contribution in [0.5, 0.6) is 0 Å². The summed E-state index contributed by atoms with van der Waals surface area (Å²) in [4.78, 5) is 11.7. The predicted molar refractivity (Wildman–Crippen MR) is 68.1 cm³/mol. The predicted octanol–water partition coefficient (Wildman–Crippen LogP) is 3.31. The Morgan fingerprint density at radius 1 is 1.47 bits per heavy atom. The van der Waals surface area contributed by atoms with Crippen LogP contribution < -0.4 is 0 Å². The van der Waals surface area contributed by atoms with Crippen LogP contribution in [0.15, 0.2) is 36.4 Å². The van der Waals surface area contributed by atoms with Crippen LogP contribution in [-0.4, -0.2) is 11.1 Å². The molecule has 1 atom stereocenters. The molecule has 2 rings (SSSR count). The highest BCUT2D eigenvalue weighted by Gasteiger charge is 2.44. The summed E-state index contributed by atoms with van der Waals surface area (Å²) in [7, 11) is 0. The van der Waals surface area contributed by atoms with Crippen LogP contribution in [0.3, 0.4) is 0 Å². The van der Waals surface area contributed by atoms with Gasteiger partial charge in [0.2, 0.25) is 0 Å². The number of carbonyl (C=O) groups is 1. The fraction of sp³-hybridized carbons (Fsp3) is 0.400. The summed E-state index contributed by atoms with van der Waals surface area (Å²) in [6.45, 7) is 5.82. The van der Waals surface area contributed by atoms with Gasteiger partial charge in [0.15, 0.2) is 0 Å². The third kappa shape index (κ3) is 1.99. The number of aryl methyl sites for hydroxylation is 1. The number of fused-ring (bicyclic) bond motifs is 1. The summed E-state index contributed by atoms with van der Waals surface area (Å²) in [5.74, 6) is -0.691. The maximum Gasteiger partial charge on any atom is 0.314 e. The molecule has 2 nitrogen and oxygen atoms in total. The minimum absolute atomic E-state index is 0.661. The van der Waals surface area contributed by atoms with Crippen molar-refractivity contribution in [3.05, 3.63) is 47.5 Å². The van der Waals surface area contributed by atoms with E-state index in [0.29, 0.717) is 6.42 Å². The first-order valence-corrected chi connectivity index (χ1v) is 6.02. The molecule has 1 aromatic rings. The van der Waals surface area contributed by atoms with Crippen molar-refractivity contribution in [2.75, 3.05) is 0 Å². The average molecular weight is 230 g/mol. The second-order valence-corrected chi connectivity index (χ2v) is 5.00. The van der Waals surface area contributed by atoms with Crippen molar-refractivity contribution in [3.63, 3.8) is 0 Å². The van der Waals surface area contributed by atoms with Crippen LogP contribution in [0.2, 0.25) is 0 Å². The lowest BCUT2D eigenvalue weighted by molar-refractivity contribution is -0.144. The monoisotopic (exact) mass is 230 g/mol. The Morgan fingerprint density at radius 2 is 2.18 bits per heavy atom. The van der Waals surface area contributed by atoms with E-state index in [1.807, 2.05) is 31.2 Å². The van der Waals surface area contributed by atoms with Crippen molar-refractivity contribution >= 4 is 5.97 Å². The number of allylic oxidation sites excluding steroid dienone is 1. The van der Waals surface area contributed by atoms with Crippen molar-refractivity contribution in [1.29, 1.82) is 0 Å². The molecule has 0 aliphatic heterocycles. The molecule has 0 saturated carbocycles. The second kappa shape index (κ2) is 4.36. The molecule has 2 heteroatoms. The Balaban J connectivity index is 2.37. The molecule has 0 bridgehead atoms. The van der Waals surface area contributed by atoms with Gasteiger partial charge < -0.3 is 5.11 Å². The highest BCUT2D eigenvalue weighted by atomic mass is 16.4. The number of benzene rings is 1. The molecule has 0 fully saturated rings. The van der Waals surface area contributed by atoms with Crippen LogP contribution in [0.1, 0.15) is 37.3 Å². The molecule has 1 aromatic carbocycles. The van der Waals surface area contributed by atoms with E-state index in [4.69, 9.17) is 0 Å². The molecule has 0 aromatic heterocycles. The van der Waals surface area contributed by atoms with E-state index in [-0.39, 0.29) is 0 Å². The van der Waals surface area contributed by atoms with Gasteiger partial charge in [-0.25, -0.2) is 0 Å². The molecular formula is C15H18O2. The normalized spacial score (nSPS) is 22.2. The summed E-state index contributed by atoms with van der Waals surface area (Å²) in [6.07, 6.45) is 3.03. The molecule has 0 saturated heterocycles. The van der Waals surface area contributed by atoms with Gasteiger partial charge in [-0.1, -0.05) is 29.8 Å². The van der Waals surface area contributed by atoms with Gasteiger partial charge in [-0.3, -0.25) is 4.79 Å². The minimum atomic E-state index is -0.691. The van der Waals surface area contributed by atoms with Gasteiger partial charge in [0.25, 0.3) is 0 Å². The Bertz CT molecular complexity index is 462. The van der Waals surface area contributed by atoms with E-state index >= 15 is 0 Å². The molecule has 1 aliphatic carbocycles. The van der Waals surface area contributed by atoms with Crippen LogP contribution in [0.25, 0.3) is 0 Å². The van der Waals surface area contributed by atoms with E-state index < -0.39 is 11.4 Å². The molecule has 1 aliphatic rings. The fourth-order valence-corrected chi connectivity index (χ4v) is 2.70. The fourth-order valence-electron chi connectivity index (χ4n) is 2.70. The third-order valence-corrected chi connectivity index (χ3v) is 3.74. The van der Waals surface area contributed by atoms with Gasteiger partial charge in [-0.15, -0.1) is 6.58 Å². The van der Waals surface area contributed by atoms with Gasteiger partial charge in [-0.2, -0.15) is 0 Å². The maximum atomic E-state index is 11.7. The van der Waals surface area contributed by atoms with Gasteiger partial charge in [0, 0.05) is 0 Å². The topological polar surface area (TPSA) is 37.3 Å². The Kier molecular flexibility index (Phi) is 3.05. The zero-order valence-corrected chi connectivity index (χ0v) is 10.2. The zero-order chi connectivity index (χ0) is 12.5. The van der Waals surface area contributed by atoms with Crippen molar-refractivity contribution in [1.82, 2.24) is 0 Å². The van der Waals surface area contributed by atoms with Gasteiger partial charge >= 0.3 is 5.97 Å².